The van der Waals surface area contributed by atoms with Crippen LogP contribution in [0.2, 0.25) is 0 Å². The fraction of sp³-hybridized carbons (Fsp3) is 0.286. The standard InChI is InChI=1S/C21H24N6O3S/c1-13(22)16(10-25-14(2)27-6-4-3-5-7-27)19-18(21(29)30)17(11-31-19)26-20(28)15-8-23-12-24-9-15/h8-12H,2-7,22H2,1H3,(H,26,28)(H,29,30)/b16-13+,25-10?. The lowest BCUT2D eigenvalue weighted by atomic mass is 10.1. The predicted octanol–water partition coefficient (Wildman–Crippen LogP) is 3.21. The summed E-state index contributed by atoms with van der Waals surface area (Å²) in [6.07, 6.45) is 8.94. The van der Waals surface area contributed by atoms with Crippen molar-refractivity contribution in [3.8, 4) is 0 Å². The fourth-order valence-electron chi connectivity index (χ4n) is 3.18. The van der Waals surface area contributed by atoms with Crippen LogP contribution in [-0.2, 0) is 0 Å². The van der Waals surface area contributed by atoms with Crippen molar-refractivity contribution in [1.82, 2.24) is 14.9 Å². The van der Waals surface area contributed by atoms with Crippen LogP contribution in [0.15, 0.2) is 47.2 Å². The molecule has 0 radical (unpaired) electrons. The van der Waals surface area contributed by atoms with Gasteiger partial charge in [-0.05, 0) is 26.2 Å². The smallest absolute Gasteiger partial charge is 0.339 e. The first-order valence-electron chi connectivity index (χ1n) is 9.74. The van der Waals surface area contributed by atoms with Gasteiger partial charge in [-0.1, -0.05) is 6.58 Å². The Morgan fingerprint density at radius 2 is 1.97 bits per heavy atom. The van der Waals surface area contributed by atoms with Gasteiger partial charge in [0.2, 0.25) is 0 Å². The molecule has 0 bridgehead atoms. The van der Waals surface area contributed by atoms with Crippen molar-refractivity contribution in [2.75, 3.05) is 18.4 Å². The molecule has 10 heteroatoms. The van der Waals surface area contributed by atoms with Gasteiger partial charge in [-0.15, -0.1) is 11.3 Å². The number of nitrogens with zero attached hydrogens (tertiary/aromatic N) is 4. The third-order valence-electron chi connectivity index (χ3n) is 4.81. The topological polar surface area (TPSA) is 134 Å². The molecule has 9 nitrogen and oxygen atoms in total. The Bertz CT molecular complexity index is 1030. The van der Waals surface area contributed by atoms with E-state index in [4.69, 9.17) is 5.73 Å². The molecule has 0 aliphatic carbocycles. The van der Waals surface area contributed by atoms with Crippen LogP contribution in [0.1, 0.15) is 51.8 Å². The van der Waals surface area contributed by atoms with E-state index in [0.717, 1.165) is 25.9 Å². The van der Waals surface area contributed by atoms with Gasteiger partial charge in [-0.3, -0.25) is 4.79 Å². The first-order valence-corrected chi connectivity index (χ1v) is 10.6. The summed E-state index contributed by atoms with van der Waals surface area (Å²) in [5.41, 5.74) is 7.28. The van der Waals surface area contributed by atoms with E-state index in [9.17, 15) is 14.7 Å². The van der Waals surface area contributed by atoms with Crippen LogP contribution in [-0.4, -0.2) is 51.2 Å². The number of likely N-dealkylation sites (tertiary alicyclic amines) is 1. The number of carboxylic acids is 1. The normalized spacial score (nSPS) is 14.9. The van der Waals surface area contributed by atoms with E-state index < -0.39 is 11.9 Å². The van der Waals surface area contributed by atoms with Gasteiger partial charge in [0.1, 0.15) is 17.7 Å². The molecule has 0 spiro atoms. The van der Waals surface area contributed by atoms with Crippen LogP contribution in [0, 0.1) is 0 Å². The molecule has 0 atom stereocenters. The van der Waals surface area contributed by atoms with Crippen LogP contribution < -0.4 is 11.1 Å². The van der Waals surface area contributed by atoms with Crippen molar-refractivity contribution in [3.63, 3.8) is 0 Å². The number of hydrogen-bond donors (Lipinski definition) is 3. The third-order valence-corrected chi connectivity index (χ3v) is 5.82. The maximum Gasteiger partial charge on any atom is 0.339 e. The minimum atomic E-state index is -1.18. The number of carbonyl (C=O) groups excluding carboxylic acids is 1. The number of hydrogen-bond acceptors (Lipinski definition) is 8. The highest BCUT2D eigenvalue weighted by atomic mass is 32.1. The molecular formula is C21H24N6O3S. The van der Waals surface area contributed by atoms with Gasteiger partial charge in [0.15, 0.2) is 0 Å². The number of piperidine rings is 1. The van der Waals surface area contributed by atoms with Crippen molar-refractivity contribution in [2.24, 2.45) is 10.7 Å². The monoisotopic (exact) mass is 440 g/mol. The number of carboxylic acid groups (broad SMARTS) is 1. The van der Waals surface area contributed by atoms with E-state index in [0.29, 0.717) is 22.0 Å². The number of nitrogens with two attached hydrogens (primary N) is 1. The Labute approximate surface area is 184 Å². The van der Waals surface area contributed by atoms with Crippen molar-refractivity contribution in [1.29, 1.82) is 0 Å². The summed E-state index contributed by atoms with van der Waals surface area (Å²) < 4.78 is 0. The van der Waals surface area contributed by atoms with E-state index in [1.807, 2.05) is 0 Å². The average molecular weight is 441 g/mol. The number of allylic oxidation sites excluding steroid dienone is 2. The van der Waals surface area contributed by atoms with E-state index in [-0.39, 0.29) is 16.8 Å². The predicted molar refractivity (Wildman–Crippen MR) is 121 cm³/mol. The van der Waals surface area contributed by atoms with Crippen LogP contribution in [0.5, 0.6) is 0 Å². The van der Waals surface area contributed by atoms with E-state index in [1.54, 1.807) is 18.5 Å². The molecule has 1 amide bonds. The van der Waals surface area contributed by atoms with Crippen molar-refractivity contribution in [3.05, 3.63) is 58.2 Å². The molecule has 3 heterocycles. The summed E-state index contributed by atoms with van der Waals surface area (Å²) >= 11 is 1.17. The second kappa shape index (κ2) is 9.98. The highest BCUT2D eigenvalue weighted by molar-refractivity contribution is 7.12. The molecule has 0 aromatic carbocycles. The second-order valence-corrected chi connectivity index (χ2v) is 7.94. The average Bonchev–Trinajstić information content (AvgIpc) is 3.18. The molecule has 0 unspecified atom stereocenters. The summed E-state index contributed by atoms with van der Waals surface area (Å²) in [4.78, 5) is 39.0. The van der Waals surface area contributed by atoms with Gasteiger partial charge in [-0.2, -0.15) is 0 Å². The van der Waals surface area contributed by atoms with Crippen molar-refractivity contribution >= 4 is 40.7 Å². The molecule has 2 aromatic heterocycles. The van der Waals surface area contributed by atoms with Gasteiger partial charge in [0.25, 0.3) is 5.91 Å². The molecule has 162 valence electrons. The van der Waals surface area contributed by atoms with Gasteiger partial charge in [0.05, 0.1) is 16.1 Å². The van der Waals surface area contributed by atoms with Crippen molar-refractivity contribution < 1.29 is 14.7 Å². The van der Waals surface area contributed by atoms with Gasteiger partial charge in [0, 0.05) is 48.3 Å². The largest absolute Gasteiger partial charge is 0.478 e. The number of aromatic nitrogens is 2. The number of aliphatic imine (C=N–C) groups is 1. The SMILES string of the molecule is C=C(N=C/C(=C(/C)N)c1scc(NC(=O)c2cncnc2)c1C(=O)O)N1CCCCC1. The molecule has 1 aliphatic rings. The lowest BCUT2D eigenvalue weighted by molar-refractivity contribution is 0.0698. The molecule has 1 fully saturated rings. The maximum absolute atomic E-state index is 12.4. The number of thiophene rings is 1. The van der Waals surface area contributed by atoms with E-state index in [1.165, 1.54) is 36.5 Å². The number of aromatic carboxylic acids is 1. The van der Waals surface area contributed by atoms with Crippen LogP contribution in [0.25, 0.3) is 5.57 Å². The van der Waals surface area contributed by atoms with Gasteiger partial charge in [-0.25, -0.2) is 19.8 Å². The zero-order chi connectivity index (χ0) is 22.4. The third kappa shape index (κ3) is 5.34. The fourth-order valence-corrected chi connectivity index (χ4v) is 4.25. The molecule has 0 saturated carbocycles. The summed E-state index contributed by atoms with van der Waals surface area (Å²) in [6, 6.07) is 0. The molecule has 1 saturated heterocycles. The lowest BCUT2D eigenvalue weighted by Gasteiger charge is -2.28. The molecule has 31 heavy (non-hydrogen) atoms. The zero-order valence-corrected chi connectivity index (χ0v) is 18.0. The Balaban J connectivity index is 1.88. The Morgan fingerprint density at radius 1 is 1.29 bits per heavy atom. The maximum atomic E-state index is 12.4. The second-order valence-electron chi connectivity index (χ2n) is 7.06. The number of amides is 1. The molecule has 1 aliphatic heterocycles. The Morgan fingerprint density at radius 3 is 2.58 bits per heavy atom. The lowest BCUT2D eigenvalue weighted by Crippen LogP contribution is -2.27. The number of carbonyl (C=O) groups is 2. The van der Waals surface area contributed by atoms with Crippen LogP contribution >= 0.6 is 11.3 Å². The minimum Gasteiger partial charge on any atom is -0.478 e. The highest BCUT2D eigenvalue weighted by Crippen LogP contribution is 2.33. The molecule has 4 N–H and O–H groups in total. The van der Waals surface area contributed by atoms with Gasteiger partial charge >= 0.3 is 5.97 Å². The first-order chi connectivity index (χ1) is 14.9. The van der Waals surface area contributed by atoms with Crippen LogP contribution in [0.3, 0.4) is 0 Å². The first kappa shape index (κ1) is 22.2. The summed E-state index contributed by atoms with van der Waals surface area (Å²) in [7, 11) is 0. The van der Waals surface area contributed by atoms with E-state index >= 15 is 0 Å². The number of anilines is 1. The van der Waals surface area contributed by atoms with E-state index in [2.05, 4.69) is 31.8 Å². The zero-order valence-electron chi connectivity index (χ0n) is 17.2. The van der Waals surface area contributed by atoms with Crippen LogP contribution in [0.4, 0.5) is 5.69 Å². The molecule has 3 rings (SSSR count). The highest BCUT2D eigenvalue weighted by Gasteiger charge is 2.23. The summed E-state index contributed by atoms with van der Waals surface area (Å²) in [5, 5.41) is 14.0. The Hall–Kier alpha value is -3.53. The van der Waals surface area contributed by atoms with Gasteiger partial charge < -0.3 is 21.1 Å². The minimum absolute atomic E-state index is 0.0509. The quantitative estimate of drug-likeness (QED) is 0.563. The number of rotatable bonds is 7. The molecular weight excluding hydrogens is 416 g/mol. The molecule has 2 aromatic rings. The summed E-state index contributed by atoms with van der Waals surface area (Å²) in [5.74, 6) is -1.07. The summed E-state index contributed by atoms with van der Waals surface area (Å²) in [6.45, 7) is 7.50. The number of nitrogens with one attached hydrogen (secondary N) is 1. The van der Waals surface area contributed by atoms with Crippen molar-refractivity contribution in [2.45, 2.75) is 26.2 Å². The Kier molecular flexibility index (Phi) is 7.14.